The Morgan fingerprint density at radius 3 is 2.53 bits per heavy atom. The fourth-order valence-corrected chi connectivity index (χ4v) is 3.74. The highest BCUT2D eigenvalue weighted by atomic mass is 32.2. The minimum Gasteiger partial charge on any atom is -0.469 e. The van der Waals surface area contributed by atoms with Crippen molar-refractivity contribution in [2.24, 2.45) is 0 Å². The summed E-state index contributed by atoms with van der Waals surface area (Å²) in [5.41, 5.74) is 1.93. The average Bonchev–Trinajstić information content (AvgIpc) is 3.32. The first kappa shape index (κ1) is 21.6. The number of amides is 1. The largest absolute Gasteiger partial charge is 0.469 e. The van der Waals surface area contributed by atoms with Crippen LogP contribution in [0.25, 0.3) is 11.4 Å². The highest BCUT2D eigenvalue weighted by Crippen LogP contribution is 2.30. The monoisotopic (exact) mass is 428 g/mol. The van der Waals surface area contributed by atoms with Gasteiger partial charge in [-0.1, -0.05) is 11.8 Å². The predicted octanol–water partition coefficient (Wildman–Crippen LogP) is 4.33. The molecule has 158 valence electrons. The molecule has 0 saturated heterocycles. The van der Waals surface area contributed by atoms with Crippen molar-refractivity contribution in [3.63, 3.8) is 0 Å². The third-order valence-electron chi connectivity index (χ3n) is 4.29. The Balaban J connectivity index is 1.64. The van der Waals surface area contributed by atoms with Crippen LogP contribution >= 0.6 is 11.8 Å². The molecule has 0 saturated carbocycles. The number of nitrogens with zero attached hydrogens (tertiary/aromatic N) is 3. The summed E-state index contributed by atoms with van der Waals surface area (Å²) in [6, 6.07) is 8.56. The highest BCUT2D eigenvalue weighted by molar-refractivity contribution is 7.99. The van der Waals surface area contributed by atoms with Crippen LogP contribution in [0.15, 0.2) is 46.2 Å². The molecule has 3 aromatic rings. The van der Waals surface area contributed by atoms with Gasteiger partial charge in [-0.15, -0.1) is 10.2 Å². The van der Waals surface area contributed by atoms with E-state index in [-0.39, 0.29) is 23.7 Å². The number of thioether (sulfide) groups is 1. The van der Waals surface area contributed by atoms with E-state index < -0.39 is 0 Å². The smallest absolute Gasteiger partial charge is 0.338 e. The normalized spacial score (nSPS) is 11.0. The summed E-state index contributed by atoms with van der Waals surface area (Å²) >= 11 is 1.31. The number of aryl methyl sites for hydroxylation is 1. The third kappa shape index (κ3) is 4.91. The van der Waals surface area contributed by atoms with Crippen LogP contribution in [0.4, 0.5) is 5.69 Å². The fraction of sp³-hybridized carbons (Fsp3) is 0.333. The van der Waals surface area contributed by atoms with Crippen LogP contribution in [-0.2, 0) is 9.53 Å². The van der Waals surface area contributed by atoms with Crippen molar-refractivity contribution in [2.75, 3.05) is 17.7 Å². The molecule has 1 N–H and O–H groups in total. The zero-order valence-electron chi connectivity index (χ0n) is 17.3. The second-order valence-electron chi connectivity index (χ2n) is 6.80. The van der Waals surface area contributed by atoms with Crippen LogP contribution < -0.4 is 5.32 Å². The second-order valence-corrected chi connectivity index (χ2v) is 7.74. The van der Waals surface area contributed by atoms with Crippen molar-refractivity contribution in [1.29, 1.82) is 0 Å². The Morgan fingerprint density at radius 1 is 1.20 bits per heavy atom. The number of hydrogen-bond donors (Lipinski definition) is 1. The fourth-order valence-electron chi connectivity index (χ4n) is 2.87. The van der Waals surface area contributed by atoms with Crippen molar-refractivity contribution < 1.29 is 18.7 Å². The lowest BCUT2D eigenvalue weighted by atomic mass is 10.2. The van der Waals surface area contributed by atoms with E-state index in [0.717, 1.165) is 11.3 Å². The first-order valence-corrected chi connectivity index (χ1v) is 10.6. The molecule has 8 nitrogen and oxygen atoms in total. The van der Waals surface area contributed by atoms with Crippen molar-refractivity contribution >= 4 is 29.3 Å². The van der Waals surface area contributed by atoms with E-state index in [1.54, 1.807) is 37.5 Å². The lowest BCUT2D eigenvalue weighted by molar-refractivity contribution is -0.113. The molecule has 0 aliphatic carbocycles. The van der Waals surface area contributed by atoms with Crippen molar-refractivity contribution in [3.05, 3.63) is 47.9 Å². The Labute approximate surface area is 179 Å². The first-order chi connectivity index (χ1) is 14.4. The molecule has 0 aliphatic heterocycles. The summed E-state index contributed by atoms with van der Waals surface area (Å²) in [6.07, 6.45) is 1.62. The van der Waals surface area contributed by atoms with E-state index in [2.05, 4.69) is 15.5 Å². The molecule has 0 atom stereocenters. The number of ether oxygens (including phenoxy) is 1. The van der Waals surface area contributed by atoms with E-state index in [9.17, 15) is 9.59 Å². The number of carbonyl (C=O) groups excluding carboxylic acids is 2. The van der Waals surface area contributed by atoms with Gasteiger partial charge >= 0.3 is 5.97 Å². The molecule has 2 aromatic heterocycles. The van der Waals surface area contributed by atoms with Crippen molar-refractivity contribution in [1.82, 2.24) is 14.8 Å². The van der Waals surface area contributed by atoms with E-state index >= 15 is 0 Å². The van der Waals surface area contributed by atoms with Gasteiger partial charge in [0.2, 0.25) is 5.91 Å². The van der Waals surface area contributed by atoms with Gasteiger partial charge in [0.25, 0.3) is 0 Å². The van der Waals surface area contributed by atoms with E-state index in [1.807, 2.05) is 31.4 Å². The molecule has 0 spiro atoms. The van der Waals surface area contributed by atoms with Gasteiger partial charge in [-0.05, 0) is 58.0 Å². The number of esters is 1. The van der Waals surface area contributed by atoms with E-state index in [1.165, 1.54) is 11.8 Å². The molecule has 0 fully saturated rings. The zero-order chi connectivity index (χ0) is 21.7. The van der Waals surface area contributed by atoms with Gasteiger partial charge in [-0.25, -0.2) is 4.79 Å². The van der Waals surface area contributed by atoms with E-state index in [0.29, 0.717) is 28.8 Å². The third-order valence-corrected chi connectivity index (χ3v) is 5.24. The topological polar surface area (TPSA) is 99.2 Å². The molecule has 3 rings (SSSR count). The van der Waals surface area contributed by atoms with Crippen LogP contribution in [0.2, 0.25) is 0 Å². The maximum absolute atomic E-state index is 12.4. The SMILES string of the molecule is CCOC(=O)c1ccc(NC(=O)CSc2nnc(-c3ccoc3C)n2C(C)C)cc1. The second kappa shape index (κ2) is 9.62. The minimum absolute atomic E-state index is 0.116. The Hall–Kier alpha value is -3.07. The molecule has 0 radical (unpaired) electrons. The van der Waals surface area contributed by atoms with Crippen LogP contribution in [0.3, 0.4) is 0 Å². The van der Waals surface area contributed by atoms with Crippen LogP contribution in [0.5, 0.6) is 0 Å². The number of benzene rings is 1. The Bertz CT molecular complexity index is 1020. The molecule has 9 heteroatoms. The molecule has 1 aromatic carbocycles. The van der Waals surface area contributed by atoms with Crippen molar-refractivity contribution in [3.8, 4) is 11.4 Å². The number of hydrogen-bond acceptors (Lipinski definition) is 7. The Kier molecular flexibility index (Phi) is 6.94. The highest BCUT2D eigenvalue weighted by Gasteiger charge is 2.20. The van der Waals surface area contributed by atoms with Crippen LogP contribution in [0.1, 0.15) is 42.9 Å². The average molecular weight is 429 g/mol. The summed E-state index contributed by atoms with van der Waals surface area (Å²) in [4.78, 5) is 24.1. The molecule has 1 amide bonds. The Morgan fingerprint density at radius 2 is 1.93 bits per heavy atom. The quantitative estimate of drug-likeness (QED) is 0.421. The number of furan rings is 1. The van der Waals surface area contributed by atoms with Gasteiger partial charge < -0.3 is 14.5 Å². The zero-order valence-corrected chi connectivity index (χ0v) is 18.2. The predicted molar refractivity (Wildman–Crippen MR) is 115 cm³/mol. The first-order valence-electron chi connectivity index (χ1n) is 9.60. The lowest BCUT2D eigenvalue weighted by Crippen LogP contribution is -2.15. The molecule has 2 heterocycles. The number of aromatic nitrogens is 3. The van der Waals surface area contributed by atoms with Gasteiger partial charge in [0.05, 0.1) is 29.7 Å². The summed E-state index contributed by atoms with van der Waals surface area (Å²) in [6.45, 7) is 8.03. The van der Waals surface area contributed by atoms with Crippen LogP contribution in [-0.4, -0.2) is 39.0 Å². The van der Waals surface area contributed by atoms with E-state index in [4.69, 9.17) is 9.15 Å². The molecule has 0 aliphatic rings. The molecular weight excluding hydrogens is 404 g/mol. The molecular formula is C21H24N4O4S. The number of anilines is 1. The summed E-state index contributed by atoms with van der Waals surface area (Å²) in [7, 11) is 0. The van der Waals surface area contributed by atoms with Gasteiger partial charge in [-0.3, -0.25) is 9.36 Å². The van der Waals surface area contributed by atoms with Gasteiger partial charge in [-0.2, -0.15) is 0 Å². The summed E-state index contributed by atoms with van der Waals surface area (Å²) in [5, 5.41) is 12.0. The van der Waals surface area contributed by atoms with Gasteiger partial charge in [0.1, 0.15) is 5.76 Å². The lowest BCUT2D eigenvalue weighted by Gasteiger charge is -2.13. The summed E-state index contributed by atoms with van der Waals surface area (Å²) < 4.78 is 12.3. The molecule has 0 unspecified atom stereocenters. The number of carbonyl (C=O) groups is 2. The summed E-state index contributed by atoms with van der Waals surface area (Å²) in [5.74, 6) is 1.10. The van der Waals surface area contributed by atoms with Crippen LogP contribution in [0, 0.1) is 6.92 Å². The molecule has 0 bridgehead atoms. The minimum atomic E-state index is -0.386. The molecule has 30 heavy (non-hydrogen) atoms. The van der Waals surface area contributed by atoms with Crippen molar-refractivity contribution in [2.45, 2.75) is 38.9 Å². The standard InChI is InChI=1S/C21H24N4O4S/c1-5-28-20(27)15-6-8-16(9-7-15)22-18(26)12-30-21-24-23-19(25(21)13(2)3)17-10-11-29-14(17)4/h6-11,13H,5,12H2,1-4H3,(H,22,26). The van der Waals surface area contributed by atoms with Gasteiger partial charge in [0, 0.05) is 11.7 Å². The number of nitrogens with one attached hydrogen (secondary N) is 1. The maximum atomic E-state index is 12.4. The van der Waals surface area contributed by atoms with Gasteiger partial charge in [0.15, 0.2) is 11.0 Å². The number of rotatable bonds is 8. The maximum Gasteiger partial charge on any atom is 0.338 e.